The fourth-order valence-electron chi connectivity index (χ4n) is 3.06. The highest BCUT2D eigenvalue weighted by Gasteiger charge is 2.13. The molecule has 0 atom stereocenters. The van der Waals surface area contributed by atoms with Gasteiger partial charge >= 0.3 is 5.69 Å². The third-order valence-corrected chi connectivity index (χ3v) is 4.40. The molecular formula is C20H23N3O4. The maximum absolute atomic E-state index is 12.5. The van der Waals surface area contributed by atoms with Crippen molar-refractivity contribution in [3.8, 4) is 11.5 Å². The van der Waals surface area contributed by atoms with Crippen LogP contribution in [0.3, 0.4) is 0 Å². The molecule has 0 saturated carbocycles. The molecule has 0 spiro atoms. The number of ether oxygens (including phenoxy) is 2. The third kappa shape index (κ3) is 3.67. The number of benzene rings is 2. The van der Waals surface area contributed by atoms with Crippen molar-refractivity contribution in [2.45, 2.75) is 26.4 Å². The Morgan fingerprint density at radius 3 is 2.52 bits per heavy atom. The van der Waals surface area contributed by atoms with E-state index in [1.807, 2.05) is 26.0 Å². The van der Waals surface area contributed by atoms with Gasteiger partial charge in [-0.1, -0.05) is 6.07 Å². The molecule has 1 amide bonds. The van der Waals surface area contributed by atoms with Crippen LogP contribution >= 0.6 is 0 Å². The molecule has 0 unspecified atom stereocenters. The smallest absolute Gasteiger partial charge is 0.326 e. The average molecular weight is 369 g/mol. The molecule has 0 saturated heterocycles. The van der Waals surface area contributed by atoms with Crippen LogP contribution in [-0.4, -0.2) is 29.7 Å². The van der Waals surface area contributed by atoms with Gasteiger partial charge in [-0.15, -0.1) is 0 Å². The third-order valence-electron chi connectivity index (χ3n) is 4.40. The zero-order valence-corrected chi connectivity index (χ0v) is 15.8. The van der Waals surface area contributed by atoms with Crippen LogP contribution in [0.15, 0.2) is 41.2 Å². The standard InChI is InChI=1S/C20H23N3O4/c1-12(2)23-16-7-6-14(10-15(16)22-20(23)25)19(24)21-11-13-5-8-17(26-3)18(9-13)27-4/h5-10,12H,11H2,1-4H3,(H,21,24)(H,22,25). The van der Waals surface area contributed by atoms with E-state index in [0.29, 0.717) is 29.1 Å². The number of amides is 1. The van der Waals surface area contributed by atoms with Crippen molar-refractivity contribution in [3.05, 3.63) is 58.0 Å². The molecule has 0 bridgehead atoms. The van der Waals surface area contributed by atoms with E-state index in [2.05, 4.69) is 10.3 Å². The summed E-state index contributed by atoms with van der Waals surface area (Å²) in [5, 5.41) is 2.88. The monoisotopic (exact) mass is 369 g/mol. The van der Waals surface area contributed by atoms with Gasteiger partial charge in [0.15, 0.2) is 11.5 Å². The fourth-order valence-corrected chi connectivity index (χ4v) is 3.06. The SMILES string of the molecule is COc1ccc(CNC(=O)c2ccc3c(c2)[nH]c(=O)n3C(C)C)cc1OC. The summed E-state index contributed by atoms with van der Waals surface area (Å²) in [5.41, 5.74) is 2.63. The molecule has 1 aromatic heterocycles. The first-order valence-electron chi connectivity index (χ1n) is 8.68. The van der Waals surface area contributed by atoms with E-state index < -0.39 is 0 Å². The summed E-state index contributed by atoms with van der Waals surface area (Å²) in [4.78, 5) is 27.4. The van der Waals surface area contributed by atoms with E-state index >= 15 is 0 Å². The van der Waals surface area contributed by atoms with Gasteiger partial charge in [0.05, 0.1) is 25.3 Å². The van der Waals surface area contributed by atoms with Crippen molar-refractivity contribution in [3.63, 3.8) is 0 Å². The van der Waals surface area contributed by atoms with Crippen LogP contribution in [-0.2, 0) is 6.54 Å². The molecular weight excluding hydrogens is 346 g/mol. The molecule has 0 aliphatic rings. The Kier molecular flexibility index (Phi) is 5.21. The summed E-state index contributed by atoms with van der Waals surface area (Å²) in [6.45, 7) is 4.23. The summed E-state index contributed by atoms with van der Waals surface area (Å²) in [7, 11) is 3.14. The van der Waals surface area contributed by atoms with Gasteiger partial charge < -0.3 is 19.8 Å². The minimum atomic E-state index is -0.218. The van der Waals surface area contributed by atoms with E-state index in [9.17, 15) is 9.59 Å². The van der Waals surface area contributed by atoms with E-state index in [1.54, 1.807) is 43.1 Å². The normalized spacial score (nSPS) is 11.0. The van der Waals surface area contributed by atoms with Crippen LogP contribution in [0, 0.1) is 0 Å². The lowest BCUT2D eigenvalue weighted by molar-refractivity contribution is 0.0951. The summed E-state index contributed by atoms with van der Waals surface area (Å²) in [6, 6.07) is 10.7. The number of carbonyl (C=O) groups is 1. The quantitative estimate of drug-likeness (QED) is 0.700. The summed E-state index contributed by atoms with van der Waals surface area (Å²) in [5.74, 6) is 1.03. The van der Waals surface area contributed by atoms with E-state index in [4.69, 9.17) is 9.47 Å². The molecule has 3 aromatic rings. The second-order valence-corrected chi connectivity index (χ2v) is 6.50. The topological polar surface area (TPSA) is 85.4 Å². The number of aromatic amines is 1. The average Bonchev–Trinajstić information content (AvgIpc) is 3.00. The van der Waals surface area contributed by atoms with Crippen molar-refractivity contribution < 1.29 is 14.3 Å². The van der Waals surface area contributed by atoms with Crippen LogP contribution in [0.1, 0.15) is 35.8 Å². The highest BCUT2D eigenvalue weighted by atomic mass is 16.5. The van der Waals surface area contributed by atoms with Crippen LogP contribution in [0.25, 0.3) is 11.0 Å². The van der Waals surface area contributed by atoms with Crippen molar-refractivity contribution in [1.29, 1.82) is 0 Å². The van der Waals surface area contributed by atoms with E-state index in [-0.39, 0.29) is 17.6 Å². The number of rotatable bonds is 6. The molecule has 2 N–H and O–H groups in total. The number of hydrogen-bond donors (Lipinski definition) is 2. The van der Waals surface area contributed by atoms with Gasteiger partial charge in [-0.25, -0.2) is 4.79 Å². The molecule has 7 nitrogen and oxygen atoms in total. The van der Waals surface area contributed by atoms with Crippen LogP contribution < -0.4 is 20.5 Å². The maximum atomic E-state index is 12.5. The fraction of sp³-hybridized carbons (Fsp3) is 0.300. The molecule has 0 aliphatic carbocycles. The second kappa shape index (κ2) is 7.57. The van der Waals surface area contributed by atoms with Crippen molar-refractivity contribution >= 4 is 16.9 Å². The molecule has 0 fully saturated rings. The Labute approximate surface area is 156 Å². The van der Waals surface area contributed by atoms with Gasteiger partial charge in [0.2, 0.25) is 0 Å². The maximum Gasteiger partial charge on any atom is 0.326 e. The predicted molar refractivity (Wildman–Crippen MR) is 104 cm³/mol. The zero-order chi connectivity index (χ0) is 19.6. The van der Waals surface area contributed by atoms with Crippen molar-refractivity contribution in [1.82, 2.24) is 14.9 Å². The van der Waals surface area contributed by atoms with Crippen molar-refractivity contribution in [2.75, 3.05) is 14.2 Å². The minimum Gasteiger partial charge on any atom is -0.493 e. The lowest BCUT2D eigenvalue weighted by atomic mass is 10.1. The first-order valence-corrected chi connectivity index (χ1v) is 8.68. The van der Waals surface area contributed by atoms with Gasteiger partial charge in [0.25, 0.3) is 5.91 Å². The molecule has 3 rings (SSSR count). The number of imidazole rings is 1. The number of aromatic nitrogens is 2. The predicted octanol–water partition coefficient (Wildman–Crippen LogP) is 2.86. The van der Waals surface area contributed by atoms with Crippen LogP contribution in [0.4, 0.5) is 0 Å². The van der Waals surface area contributed by atoms with Gasteiger partial charge in [0, 0.05) is 18.2 Å². The Morgan fingerprint density at radius 2 is 1.85 bits per heavy atom. The number of nitrogens with one attached hydrogen (secondary N) is 2. The summed E-state index contributed by atoms with van der Waals surface area (Å²) >= 11 is 0. The lowest BCUT2D eigenvalue weighted by Crippen LogP contribution is -2.22. The number of fused-ring (bicyclic) bond motifs is 1. The molecule has 2 aromatic carbocycles. The molecule has 0 aliphatic heterocycles. The highest BCUT2D eigenvalue weighted by molar-refractivity contribution is 5.97. The number of H-pyrrole nitrogens is 1. The number of methoxy groups -OCH3 is 2. The highest BCUT2D eigenvalue weighted by Crippen LogP contribution is 2.27. The number of carbonyl (C=O) groups excluding carboxylic acids is 1. The zero-order valence-electron chi connectivity index (χ0n) is 15.8. The molecule has 27 heavy (non-hydrogen) atoms. The Balaban J connectivity index is 1.77. The van der Waals surface area contributed by atoms with Crippen molar-refractivity contribution in [2.24, 2.45) is 0 Å². The van der Waals surface area contributed by atoms with Crippen LogP contribution in [0.5, 0.6) is 11.5 Å². The van der Waals surface area contributed by atoms with Gasteiger partial charge in [-0.3, -0.25) is 9.36 Å². The first-order chi connectivity index (χ1) is 12.9. The van der Waals surface area contributed by atoms with E-state index in [1.165, 1.54) is 0 Å². The lowest BCUT2D eigenvalue weighted by Gasteiger charge is -2.11. The Hall–Kier alpha value is -3.22. The van der Waals surface area contributed by atoms with Crippen LogP contribution in [0.2, 0.25) is 0 Å². The number of nitrogens with zero attached hydrogens (tertiary/aromatic N) is 1. The van der Waals surface area contributed by atoms with Gasteiger partial charge in [-0.2, -0.15) is 0 Å². The molecule has 1 heterocycles. The van der Waals surface area contributed by atoms with E-state index in [0.717, 1.165) is 11.1 Å². The van der Waals surface area contributed by atoms with Gasteiger partial charge in [0.1, 0.15) is 0 Å². The minimum absolute atomic E-state index is 0.0379. The number of hydrogen-bond acceptors (Lipinski definition) is 4. The largest absolute Gasteiger partial charge is 0.493 e. The second-order valence-electron chi connectivity index (χ2n) is 6.50. The van der Waals surface area contributed by atoms with Gasteiger partial charge in [-0.05, 0) is 49.7 Å². The summed E-state index contributed by atoms with van der Waals surface area (Å²) < 4.78 is 12.2. The molecule has 142 valence electrons. The molecule has 7 heteroatoms. The first kappa shape index (κ1) is 18.6. The Bertz CT molecular complexity index is 1030. The Morgan fingerprint density at radius 1 is 1.11 bits per heavy atom. The summed E-state index contributed by atoms with van der Waals surface area (Å²) in [6.07, 6.45) is 0. The molecule has 0 radical (unpaired) electrons.